The third-order valence-electron chi connectivity index (χ3n) is 3.78. The number of anilines is 1. The molecule has 0 saturated heterocycles. The predicted octanol–water partition coefficient (Wildman–Crippen LogP) is 4.20. The summed E-state index contributed by atoms with van der Waals surface area (Å²) in [6.45, 7) is 4.43. The first-order valence-electron chi connectivity index (χ1n) is 8.56. The van der Waals surface area contributed by atoms with Crippen molar-refractivity contribution in [2.24, 2.45) is 0 Å². The average molecular weight is 375 g/mol. The Balaban J connectivity index is 1.84. The molecule has 0 aliphatic rings. The van der Waals surface area contributed by atoms with Crippen molar-refractivity contribution < 1.29 is 14.3 Å². The van der Waals surface area contributed by atoms with Crippen LogP contribution in [0.1, 0.15) is 42.2 Å². The summed E-state index contributed by atoms with van der Waals surface area (Å²) in [6, 6.07) is 14.1. The number of hydrogen-bond acceptors (Lipinski definition) is 4. The van der Waals surface area contributed by atoms with Gasteiger partial charge in [0.05, 0.1) is 18.7 Å². The van der Waals surface area contributed by atoms with Gasteiger partial charge in [0.2, 0.25) is 5.91 Å². The molecular formula is C20H23ClN2O3. The summed E-state index contributed by atoms with van der Waals surface area (Å²) in [5.74, 6) is -0.537. The molecule has 2 N–H and O–H groups in total. The Kier molecular flexibility index (Phi) is 7.63. The number of ether oxygens (including phenoxy) is 1. The Morgan fingerprint density at radius 3 is 2.46 bits per heavy atom. The van der Waals surface area contributed by atoms with Gasteiger partial charge in [-0.25, -0.2) is 4.79 Å². The summed E-state index contributed by atoms with van der Waals surface area (Å²) in [7, 11) is 0. The molecule has 0 aromatic heterocycles. The minimum absolute atomic E-state index is 0.0508. The highest BCUT2D eigenvalue weighted by Crippen LogP contribution is 2.21. The first-order chi connectivity index (χ1) is 12.5. The summed E-state index contributed by atoms with van der Waals surface area (Å²) < 4.78 is 5.07. The minimum Gasteiger partial charge on any atom is -0.462 e. The number of rotatable bonds is 8. The van der Waals surface area contributed by atoms with Gasteiger partial charge in [-0.2, -0.15) is 0 Å². The smallest absolute Gasteiger partial charge is 0.338 e. The van der Waals surface area contributed by atoms with Gasteiger partial charge in [0, 0.05) is 16.8 Å². The summed E-state index contributed by atoms with van der Waals surface area (Å²) in [6.07, 6.45) is 0.777. The molecule has 0 bridgehead atoms. The lowest BCUT2D eigenvalue weighted by Gasteiger charge is -2.15. The van der Waals surface area contributed by atoms with E-state index in [4.69, 9.17) is 16.3 Å². The molecule has 1 atom stereocenters. The first kappa shape index (κ1) is 19.9. The highest BCUT2D eigenvalue weighted by molar-refractivity contribution is 6.31. The number of halogens is 1. The monoisotopic (exact) mass is 374 g/mol. The molecule has 0 aliphatic heterocycles. The molecule has 2 aromatic carbocycles. The SMILES string of the molecule is CCCOC(=O)c1ccc(NC(=O)CN[C@H](C)c2ccccc2Cl)cc1. The Labute approximate surface area is 158 Å². The zero-order valence-corrected chi connectivity index (χ0v) is 15.7. The lowest BCUT2D eigenvalue weighted by molar-refractivity contribution is -0.115. The second-order valence-corrected chi connectivity index (χ2v) is 6.29. The van der Waals surface area contributed by atoms with Crippen LogP contribution in [0, 0.1) is 0 Å². The van der Waals surface area contributed by atoms with E-state index in [0.717, 1.165) is 12.0 Å². The van der Waals surface area contributed by atoms with Crippen molar-refractivity contribution in [1.82, 2.24) is 5.32 Å². The largest absolute Gasteiger partial charge is 0.462 e. The number of amides is 1. The topological polar surface area (TPSA) is 67.4 Å². The summed E-state index contributed by atoms with van der Waals surface area (Å²) in [4.78, 5) is 23.8. The van der Waals surface area contributed by atoms with Gasteiger partial charge in [-0.1, -0.05) is 36.7 Å². The van der Waals surface area contributed by atoms with Crippen LogP contribution < -0.4 is 10.6 Å². The second kappa shape index (κ2) is 9.94. The third kappa shape index (κ3) is 5.86. The van der Waals surface area contributed by atoms with E-state index in [1.54, 1.807) is 24.3 Å². The molecule has 1 amide bonds. The molecule has 2 aromatic rings. The van der Waals surface area contributed by atoms with Crippen molar-refractivity contribution in [2.75, 3.05) is 18.5 Å². The lowest BCUT2D eigenvalue weighted by Crippen LogP contribution is -2.30. The van der Waals surface area contributed by atoms with Crippen LogP contribution in [-0.4, -0.2) is 25.0 Å². The van der Waals surface area contributed by atoms with Gasteiger partial charge in [-0.15, -0.1) is 0 Å². The predicted molar refractivity (Wildman–Crippen MR) is 104 cm³/mol. The van der Waals surface area contributed by atoms with Gasteiger partial charge in [0.15, 0.2) is 0 Å². The molecule has 0 unspecified atom stereocenters. The molecule has 0 aliphatic carbocycles. The van der Waals surface area contributed by atoms with Crippen LogP contribution in [0.4, 0.5) is 5.69 Å². The van der Waals surface area contributed by atoms with Crippen molar-refractivity contribution in [3.63, 3.8) is 0 Å². The van der Waals surface area contributed by atoms with Crippen molar-refractivity contribution >= 4 is 29.2 Å². The van der Waals surface area contributed by atoms with Crippen LogP contribution in [-0.2, 0) is 9.53 Å². The molecule has 0 radical (unpaired) electrons. The van der Waals surface area contributed by atoms with Crippen LogP contribution in [0.3, 0.4) is 0 Å². The van der Waals surface area contributed by atoms with E-state index in [1.165, 1.54) is 0 Å². The Bertz CT molecular complexity index is 747. The molecule has 0 heterocycles. The standard InChI is InChI=1S/C20H23ClN2O3/c1-3-12-26-20(25)15-8-10-16(11-9-15)23-19(24)13-22-14(2)17-6-4-5-7-18(17)21/h4-11,14,22H,3,12-13H2,1-2H3,(H,23,24)/t14-/m1/s1. The van der Waals surface area contributed by atoms with Crippen molar-refractivity contribution in [2.45, 2.75) is 26.3 Å². The Morgan fingerprint density at radius 1 is 1.12 bits per heavy atom. The van der Waals surface area contributed by atoms with Gasteiger partial charge < -0.3 is 15.4 Å². The van der Waals surface area contributed by atoms with E-state index in [2.05, 4.69) is 10.6 Å². The Morgan fingerprint density at radius 2 is 1.81 bits per heavy atom. The number of carbonyl (C=O) groups is 2. The number of hydrogen-bond donors (Lipinski definition) is 2. The van der Waals surface area contributed by atoms with Crippen molar-refractivity contribution in [1.29, 1.82) is 0 Å². The van der Waals surface area contributed by atoms with Crippen LogP contribution in [0.25, 0.3) is 0 Å². The lowest BCUT2D eigenvalue weighted by atomic mass is 10.1. The maximum absolute atomic E-state index is 12.1. The van der Waals surface area contributed by atoms with Crippen LogP contribution in [0.5, 0.6) is 0 Å². The van der Waals surface area contributed by atoms with Gasteiger partial charge in [-0.05, 0) is 49.2 Å². The van der Waals surface area contributed by atoms with E-state index >= 15 is 0 Å². The van der Waals surface area contributed by atoms with E-state index < -0.39 is 0 Å². The number of carbonyl (C=O) groups excluding carboxylic acids is 2. The van der Waals surface area contributed by atoms with Gasteiger partial charge in [0.25, 0.3) is 0 Å². The maximum Gasteiger partial charge on any atom is 0.338 e. The molecule has 0 saturated carbocycles. The van der Waals surface area contributed by atoms with E-state index in [-0.39, 0.29) is 24.5 Å². The highest BCUT2D eigenvalue weighted by Gasteiger charge is 2.11. The van der Waals surface area contributed by atoms with Crippen molar-refractivity contribution in [3.05, 3.63) is 64.7 Å². The molecule has 6 heteroatoms. The first-order valence-corrected chi connectivity index (χ1v) is 8.94. The van der Waals surface area contributed by atoms with Crippen LogP contribution in [0.15, 0.2) is 48.5 Å². The molecule has 26 heavy (non-hydrogen) atoms. The molecule has 0 fully saturated rings. The molecule has 2 rings (SSSR count). The fraction of sp³-hybridized carbons (Fsp3) is 0.300. The minimum atomic E-state index is -0.361. The normalized spacial score (nSPS) is 11.7. The summed E-state index contributed by atoms with van der Waals surface area (Å²) in [5, 5.41) is 6.59. The zero-order valence-electron chi connectivity index (χ0n) is 14.9. The molecular weight excluding hydrogens is 352 g/mol. The fourth-order valence-electron chi connectivity index (χ4n) is 2.35. The summed E-state index contributed by atoms with van der Waals surface area (Å²) >= 11 is 6.16. The average Bonchev–Trinajstić information content (AvgIpc) is 2.65. The number of benzene rings is 2. The van der Waals surface area contributed by atoms with E-state index in [1.807, 2.05) is 38.1 Å². The van der Waals surface area contributed by atoms with Gasteiger partial charge in [0.1, 0.15) is 0 Å². The third-order valence-corrected chi connectivity index (χ3v) is 4.13. The van der Waals surface area contributed by atoms with Crippen LogP contribution >= 0.6 is 11.6 Å². The molecule has 0 spiro atoms. The van der Waals surface area contributed by atoms with Crippen LogP contribution in [0.2, 0.25) is 5.02 Å². The zero-order chi connectivity index (χ0) is 18.9. The van der Waals surface area contributed by atoms with E-state index in [0.29, 0.717) is 22.9 Å². The second-order valence-electron chi connectivity index (χ2n) is 5.89. The van der Waals surface area contributed by atoms with Gasteiger partial charge in [-0.3, -0.25) is 4.79 Å². The van der Waals surface area contributed by atoms with Gasteiger partial charge >= 0.3 is 5.97 Å². The molecule has 138 valence electrons. The summed E-state index contributed by atoms with van der Waals surface area (Å²) in [5.41, 5.74) is 2.02. The molecule has 5 nitrogen and oxygen atoms in total. The number of esters is 1. The maximum atomic E-state index is 12.1. The quantitative estimate of drug-likeness (QED) is 0.679. The van der Waals surface area contributed by atoms with E-state index in [9.17, 15) is 9.59 Å². The highest BCUT2D eigenvalue weighted by atomic mass is 35.5. The number of nitrogens with one attached hydrogen (secondary N) is 2. The van der Waals surface area contributed by atoms with Crippen molar-refractivity contribution in [3.8, 4) is 0 Å². The Hall–Kier alpha value is -2.37. The fourth-order valence-corrected chi connectivity index (χ4v) is 2.65.